The van der Waals surface area contributed by atoms with Gasteiger partial charge in [-0.2, -0.15) is 8.78 Å². The van der Waals surface area contributed by atoms with Crippen molar-refractivity contribution < 1.29 is 21.9 Å². The van der Waals surface area contributed by atoms with E-state index in [-0.39, 0.29) is 17.0 Å². The highest BCUT2D eigenvalue weighted by Gasteiger charge is 2.26. The summed E-state index contributed by atoms with van der Waals surface area (Å²) in [6, 6.07) is 5.43. The van der Waals surface area contributed by atoms with Crippen molar-refractivity contribution in [3.05, 3.63) is 24.3 Å². The second-order valence-electron chi connectivity index (χ2n) is 4.81. The van der Waals surface area contributed by atoms with E-state index in [1.54, 1.807) is 0 Å². The van der Waals surface area contributed by atoms with Crippen LogP contribution in [0.5, 0.6) is 0 Å². The fourth-order valence-corrected chi connectivity index (χ4v) is 2.92. The lowest BCUT2D eigenvalue weighted by atomic mass is 10.1. The van der Waals surface area contributed by atoms with Crippen LogP contribution in [0.2, 0.25) is 0 Å². The summed E-state index contributed by atoms with van der Waals surface area (Å²) < 4.78 is 52.9. The zero-order chi connectivity index (χ0) is 14.8. The van der Waals surface area contributed by atoms with E-state index >= 15 is 0 Å². The molecule has 0 bridgehead atoms. The lowest BCUT2D eigenvalue weighted by molar-refractivity contribution is 0.0996. The third-order valence-corrected chi connectivity index (χ3v) is 4.73. The Balaban J connectivity index is 2.05. The molecule has 1 N–H and O–H groups in total. The molecule has 0 aliphatic carbocycles. The summed E-state index contributed by atoms with van der Waals surface area (Å²) in [7, 11) is -4.52. The van der Waals surface area contributed by atoms with Crippen molar-refractivity contribution in [3.63, 3.8) is 0 Å². The van der Waals surface area contributed by atoms with Crippen molar-refractivity contribution in [1.29, 1.82) is 0 Å². The number of benzene rings is 1. The number of nitrogens with one attached hydrogen (secondary N) is 1. The van der Waals surface area contributed by atoms with Gasteiger partial charge < -0.3 is 10.1 Å². The van der Waals surface area contributed by atoms with Gasteiger partial charge in [-0.3, -0.25) is 0 Å². The van der Waals surface area contributed by atoms with E-state index in [4.69, 9.17) is 4.74 Å². The average molecular weight is 305 g/mol. The van der Waals surface area contributed by atoms with Crippen molar-refractivity contribution >= 4 is 15.5 Å². The fourth-order valence-electron chi connectivity index (χ4n) is 2.20. The molecule has 1 aromatic rings. The Morgan fingerprint density at radius 2 is 1.95 bits per heavy atom. The van der Waals surface area contributed by atoms with Gasteiger partial charge in [0.25, 0.3) is 0 Å². The lowest BCUT2D eigenvalue weighted by Crippen LogP contribution is -2.29. The summed E-state index contributed by atoms with van der Waals surface area (Å²) in [6.07, 6.45) is 2.13. The van der Waals surface area contributed by atoms with Gasteiger partial charge in [0.15, 0.2) is 0 Å². The van der Waals surface area contributed by atoms with Crippen molar-refractivity contribution in [3.8, 4) is 0 Å². The van der Waals surface area contributed by atoms with E-state index in [0.717, 1.165) is 19.4 Å². The maximum atomic E-state index is 12.4. The van der Waals surface area contributed by atoms with Gasteiger partial charge in [-0.15, -0.1) is 0 Å². The molecular weight excluding hydrogens is 288 g/mol. The number of hydrogen-bond donors (Lipinski definition) is 1. The molecule has 112 valence electrons. The van der Waals surface area contributed by atoms with Crippen molar-refractivity contribution in [2.24, 2.45) is 0 Å². The SMILES string of the molecule is CC(Nc1ccc(S(=O)(=O)C(F)F)cc1)C1CCCO1. The molecule has 0 amide bonds. The zero-order valence-electron chi connectivity index (χ0n) is 11.1. The highest BCUT2D eigenvalue weighted by molar-refractivity contribution is 7.91. The highest BCUT2D eigenvalue weighted by atomic mass is 32.2. The average Bonchev–Trinajstić information content (AvgIpc) is 2.93. The summed E-state index contributed by atoms with van der Waals surface area (Å²) >= 11 is 0. The number of rotatable bonds is 5. The number of sulfone groups is 1. The molecule has 4 nitrogen and oxygen atoms in total. The lowest BCUT2D eigenvalue weighted by Gasteiger charge is -2.21. The van der Waals surface area contributed by atoms with E-state index in [0.29, 0.717) is 5.69 Å². The third-order valence-electron chi connectivity index (χ3n) is 3.33. The van der Waals surface area contributed by atoms with Crippen LogP contribution in [-0.4, -0.2) is 32.9 Å². The van der Waals surface area contributed by atoms with Crippen LogP contribution in [-0.2, 0) is 14.6 Å². The van der Waals surface area contributed by atoms with Gasteiger partial charge in [0.1, 0.15) is 0 Å². The smallest absolute Gasteiger partial charge is 0.341 e. The molecule has 2 atom stereocenters. The van der Waals surface area contributed by atoms with Crippen LogP contribution in [0.1, 0.15) is 19.8 Å². The summed E-state index contributed by atoms with van der Waals surface area (Å²) in [5, 5.41) is 3.18. The minimum Gasteiger partial charge on any atom is -0.380 e. The largest absolute Gasteiger partial charge is 0.380 e. The quantitative estimate of drug-likeness (QED) is 0.908. The van der Waals surface area contributed by atoms with Crippen molar-refractivity contribution in [1.82, 2.24) is 0 Å². The molecule has 0 radical (unpaired) electrons. The monoisotopic (exact) mass is 305 g/mol. The predicted octanol–water partition coefficient (Wildman–Crippen LogP) is 2.66. The molecule has 0 spiro atoms. The molecular formula is C13H17F2NO3S. The predicted molar refractivity (Wildman–Crippen MR) is 71.7 cm³/mol. The summed E-state index contributed by atoms with van der Waals surface area (Å²) in [5.41, 5.74) is 0.682. The number of halogens is 2. The standard InChI is InChI=1S/C13H17F2NO3S/c1-9(12-3-2-8-19-12)16-10-4-6-11(7-5-10)20(17,18)13(14)15/h4-7,9,12-13,16H,2-3,8H2,1H3. The summed E-state index contributed by atoms with van der Waals surface area (Å²) in [5.74, 6) is -3.40. The Morgan fingerprint density at radius 1 is 1.30 bits per heavy atom. The van der Waals surface area contributed by atoms with Crippen LogP contribution in [0.4, 0.5) is 14.5 Å². The van der Waals surface area contributed by atoms with E-state index in [1.165, 1.54) is 24.3 Å². The molecule has 0 saturated carbocycles. The minimum absolute atomic E-state index is 0.0788. The maximum Gasteiger partial charge on any atom is 0.341 e. The molecule has 1 fully saturated rings. The summed E-state index contributed by atoms with van der Waals surface area (Å²) in [6.45, 7) is 2.72. The van der Waals surface area contributed by atoms with Crippen LogP contribution in [0.15, 0.2) is 29.2 Å². The first-order valence-electron chi connectivity index (χ1n) is 6.41. The van der Waals surface area contributed by atoms with Gasteiger partial charge in [0.05, 0.1) is 11.0 Å². The molecule has 1 heterocycles. The minimum atomic E-state index is -4.52. The second-order valence-corrected chi connectivity index (χ2v) is 6.73. The van der Waals surface area contributed by atoms with E-state index < -0.39 is 15.6 Å². The molecule has 1 aliphatic rings. The molecule has 2 rings (SSSR count). The van der Waals surface area contributed by atoms with E-state index in [2.05, 4.69) is 5.32 Å². The number of hydrogen-bond acceptors (Lipinski definition) is 4. The Labute approximate surface area is 117 Å². The first kappa shape index (κ1) is 15.2. The zero-order valence-corrected chi connectivity index (χ0v) is 11.9. The molecule has 7 heteroatoms. The van der Waals surface area contributed by atoms with Crippen LogP contribution in [0.25, 0.3) is 0 Å². The number of anilines is 1. The van der Waals surface area contributed by atoms with Gasteiger partial charge in [-0.25, -0.2) is 8.42 Å². The van der Waals surface area contributed by atoms with Crippen LogP contribution < -0.4 is 5.32 Å². The molecule has 1 aliphatic heterocycles. The van der Waals surface area contributed by atoms with Crippen LogP contribution >= 0.6 is 0 Å². The Hall–Kier alpha value is -1.21. The van der Waals surface area contributed by atoms with Gasteiger partial charge in [-0.1, -0.05) is 0 Å². The third kappa shape index (κ3) is 3.27. The molecule has 1 saturated heterocycles. The summed E-state index contributed by atoms with van der Waals surface area (Å²) in [4.78, 5) is -0.372. The van der Waals surface area contributed by atoms with E-state index in [1.807, 2.05) is 6.92 Å². The fraction of sp³-hybridized carbons (Fsp3) is 0.538. The molecule has 2 unspecified atom stereocenters. The van der Waals surface area contributed by atoms with Crippen molar-refractivity contribution in [2.75, 3.05) is 11.9 Å². The number of ether oxygens (including phenoxy) is 1. The van der Waals surface area contributed by atoms with Crippen LogP contribution in [0, 0.1) is 0 Å². The Kier molecular flexibility index (Phi) is 4.59. The van der Waals surface area contributed by atoms with Gasteiger partial charge in [-0.05, 0) is 44.0 Å². The van der Waals surface area contributed by atoms with E-state index in [9.17, 15) is 17.2 Å². The van der Waals surface area contributed by atoms with Gasteiger partial charge in [0.2, 0.25) is 9.84 Å². The first-order chi connectivity index (χ1) is 9.41. The van der Waals surface area contributed by atoms with Crippen LogP contribution in [0.3, 0.4) is 0 Å². The normalized spacial score (nSPS) is 21.1. The van der Waals surface area contributed by atoms with Gasteiger partial charge >= 0.3 is 5.76 Å². The maximum absolute atomic E-state index is 12.4. The number of alkyl halides is 2. The Morgan fingerprint density at radius 3 is 2.45 bits per heavy atom. The topological polar surface area (TPSA) is 55.4 Å². The van der Waals surface area contributed by atoms with Crippen molar-refractivity contribution in [2.45, 2.75) is 42.6 Å². The van der Waals surface area contributed by atoms with Gasteiger partial charge in [0, 0.05) is 18.3 Å². The first-order valence-corrected chi connectivity index (χ1v) is 7.96. The second kappa shape index (κ2) is 6.05. The highest BCUT2D eigenvalue weighted by Crippen LogP contribution is 2.22. The Bertz CT molecular complexity index is 539. The molecule has 1 aromatic carbocycles. The molecule has 0 aromatic heterocycles. The molecule has 20 heavy (non-hydrogen) atoms.